The van der Waals surface area contributed by atoms with Crippen LogP contribution in [0.5, 0.6) is 11.5 Å². The van der Waals surface area contributed by atoms with Crippen molar-refractivity contribution in [1.82, 2.24) is 5.32 Å². The van der Waals surface area contributed by atoms with Gasteiger partial charge in [-0.15, -0.1) is 0 Å². The quantitative estimate of drug-likeness (QED) is 0.590. The van der Waals surface area contributed by atoms with Crippen molar-refractivity contribution in [3.05, 3.63) is 88.5 Å². The molecule has 1 heterocycles. The summed E-state index contributed by atoms with van der Waals surface area (Å²) in [5.74, 6) is 2.40. The van der Waals surface area contributed by atoms with E-state index in [9.17, 15) is 4.21 Å². The molecule has 34 heavy (non-hydrogen) atoms. The Morgan fingerprint density at radius 1 is 1.18 bits per heavy atom. The highest BCUT2D eigenvalue weighted by Gasteiger charge is 2.42. The van der Waals surface area contributed by atoms with Crippen LogP contribution in [-0.2, 0) is 17.2 Å². The van der Waals surface area contributed by atoms with Gasteiger partial charge in [0.05, 0.1) is 17.9 Å². The van der Waals surface area contributed by atoms with E-state index in [4.69, 9.17) is 9.47 Å². The molecule has 178 valence electrons. The lowest BCUT2D eigenvalue weighted by molar-refractivity contribution is 0.349. The minimum atomic E-state index is -1.01. The molecule has 0 saturated heterocycles. The molecule has 0 fully saturated rings. The molecule has 4 unspecified atom stereocenters. The van der Waals surface area contributed by atoms with Crippen LogP contribution in [0.2, 0.25) is 0 Å². The number of nitrogens with one attached hydrogen (secondary N) is 1. The van der Waals surface area contributed by atoms with Crippen molar-refractivity contribution in [2.24, 2.45) is 5.92 Å². The summed E-state index contributed by atoms with van der Waals surface area (Å²) in [7, 11) is 0.750. The molecule has 3 aliphatic rings. The number of rotatable bonds is 5. The molecule has 0 spiro atoms. The first-order chi connectivity index (χ1) is 16.3. The van der Waals surface area contributed by atoms with Gasteiger partial charge < -0.3 is 14.8 Å². The maximum atomic E-state index is 11.6. The van der Waals surface area contributed by atoms with Gasteiger partial charge in [0.25, 0.3) is 0 Å². The molecular weight excluding hydrogens is 442 g/mol. The zero-order chi connectivity index (χ0) is 24.0. The molecule has 5 heteroatoms. The summed E-state index contributed by atoms with van der Waals surface area (Å²) in [4.78, 5) is 0. The zero-order valence-electron chi connectivity index (χ0n) is 20.6. The lowest BCUT2D eigenvalue weighted by Gasteiger charge is -2.46. The third-order valence-electron chi connectivity index (χ3n) is 7.15. The summed E-state index contributed by atoms with van der Waals surface area (Å²) >= 11 is 0. The van der Waals surface area contributed by atoms with Gasteiger partial charge in [-0.05, 0) is 67.7 Å². The van der Waals surface area contributed by atoms with Gasteiger partial charge in [-0.1, -0.05) is 48.1 Å². The summed E-state index contributed by atoms with van der Waals surface area (Å²) < 4.78 is 23.2. The Morgan fingerprint density at radius 2 is 1.97 bits per heavy atom. The van der Waals surface area contributed by atoms with Crippen molar-refractivity contribution in [1.29, 1.82) is 0 Å². The van der Waals surface area contributed by atoms with Crippen LogP contribution in [0.3, 0.4) is 0 Å². The van der Waals surface area contributed by atoms with E-state index in [-0.39, 0.29) is 29.4 Å². The Bertz CT molecular complexity index is 1240. The molecule has 1 aliphatic heterocycles. The second-order valence-electron chi connectivity index (χ2n) is 10.1. The molecule has 0 saturated carbocycles. The van der Waals surface area contributed by atoms with Crippen molar-refractivity contribution < 1.29 is 13.7 Å². The standard InChI is InChI=1S/C29H33NO3S/c1-18-16-29(2,3)30-24-13-12-22-27-20(9-7-11-25(27)32-4)15-23(28(22)26(18)24)19-8-6-10-21(14-19)33-17-34(5)31/h6-14,16,23-24,26,30H,15,17H2,1-5H3. The van der Waals surface area contributed by atoms with Gasteiger partial charge in [0.2, 0.25) is 0 Å². The van der Waals surface area contributed by atoms with Gasteiger partial charge in [0, 0.05) is 35.2 Å². The minimum Gasteiger partial charge on any atom is -0.496 e. The molecule has 1 N–H and O–H groups in total. The van der Waals surface area contributed by atoms with E-state index in [1.54, 1.807) is 13.4 Å². The number of methoxy groups -OCH3 is 1. The van der Waals surface area contributed by atoms with Crippen LogP contribution < -0.4 is 14.8 Å². The molecular formula is C29H33NO3S. The first kappa shape index (κ1) is 23.1. The Balaban J connectivity index is 1.68. The fourth-order valence-corrected chi connectivity index (χ4v) is 6.31. The molecule has 0 radical (unpaired) electrons. The summed E-state index contributed by atoms with van der Waals surface area (Å²) in [5.41, 5.74) is 7.83. The van der Waals surface area contributed by atoms with E-state index in [1.807, 2.05) is 12.1 Å². The van der Waals surface area contributed by atoms with Crippen LogP contribution in [0, 0.1) is 5.92 Å². The van der Waals surface area contributed by atoms with Crippen LogP contribution in [-0.4, -0.2) is 35.1 Å². The van der Waals surface area contributed by atoms with Gasteiger partial charge in [-0.25, -0.2) is 0 Å². The lowest BCUT2D eigenvalue weighted by atomic mass is 9.64. The van der Waals surface area contributed by atoms with E-state index in [2.05, 4.69) is 74.6 Å². The molecule has 0 aromatic heterocycles. The third-order valence-corrected chi connectivity index (χ3v) is 7.60. The number of hydrogen-bond donors (Lipinski definition) is 1. The highest BCUT2D eigenvalue weighted by Crippen LogP contribution is 2.52. The van der Waals surface area contributed by atoms with E-state index in [0.717, 1.165) is 17.9 Å². The van der Waals surface area contributed by atoms with E-state index >= 15 is 0 Å². The van der Waals surface area contributed by atoms with Gasteiger partial charge in [-0.3, -0.25) is 4.21 Å². The van der Waals surface area contributed by atoms with E-state index in [0.29, 0.717) is 0 Å². The predicted octanol–water partition coefficient (Wildman–Crippen LogP) is 5.39. The van der Waals surface area contributed by atoms with Crippen molar-refractivity contribution in [3.8, 4) is 11.5 Å². The predicted molar refractivity (Wildman–Crippen MR) is 140 cm³/mol. The van der Waals surface area contributed by atoms with Crippen LogP contribution in [0.4, 0.5) is 0 Å². The monoisotopic (exact) mass is 475 g/mol. The molecule has 2 aromatic rings. The second-order valence-corrected chi connectivity index (χ2v) is 11.5. The highest BCUT2D eigenvalue weighted by molar-refractivity contribution is 7.84. The van der Waals surface area contributed by atoms with Crippen molar-refractivity contribution >= 4 is 16.4 Å². The van der Waals surface area contributed by atoms with Crippen molar-refractivity contribution in [2.75, 3.05) is 19.3 Å². The fraction of sp³-hybridized carbons (Fsp3) is 0.379. The van der Waals surface area contributed by atoms with Crippen LogP contribution in [0.15, 0.2) is 71.8 Å². The number of hydrogen-bond acceptors (Lipinski definition) is 4. The van der Waals surface area contributed by atoms with E-state index < -0.39 is 10.8 Å². The number of fused-ring (bicyclic) bond motifs is 4. The largest absolute Gasteiger partial charge is 0.496 e. The second kappa shape index (κ2) is 8.86. The first-order valence-electron chi connectivity index (χ1n) is 11.9. The Labute approximate surface area is 205 Å². The molecule has 2 aliphatic carbocycles. The molecule has 5 rings (SSSR count). The summed E-state index contributed by atoms with van der Waals surface area (Å²) in [6.07, 6.45) is 9.57. The average molecular weight is 476 g/mol. The lowest BCUT2D eigenvalue weighted by Crippen LogP contribution is -2.53. The fourth-order valence-electron chi connectivity index (χ4n) is 6.01. The maximum absolute atomic E-state index is 11.6. The van der Waals surface area contributed by atoms with Gasteiger partial charge >= 0.3 is 0 Å². The van der Waals surface area contributed by atoms with Crippen LogP contribution in [0.25, 0.3) is 5.57 Å². The molecule has 0 bridgehead atoms. The topological polar surface area (TPSA) is 47.6 Å². The summed E-state index contributed by atoms with van der Waals surface area (Å²) in [5, 5.41) is 3.84. The molecule has 4 nitrogen and oxygen atoms in total. The number of benzene rings is 2. The van der Waals surface area contributed by atoms with Crippen molar-refractivity contribution in [3.63, 3.8) is 0 Å². The van der Waals surface area contributed by atoms with Crippen molar-refractivity contribution in [2.45, 2.75) is 44.7 Å². The molecule has 4 atom stereocenters. The van der Waals surface area contributed by atoms with E-state index in [1.165, 1.54) is 33.4 Å². The Morgan fingerprint density at radius 3 is 2.74 bits per heavy atom. The highest BCUT2D eigenvalue weighted by atomic mass is 32.2. The average Bonchev–Trinajstić information content (AvgIpc) is 2.80. The Hall–Kier alpha value is -2.63. The number of ether oxygens (including phenoxy) is 2. The zero-order valence-corrected chi connectivity index (χ0v) is 21.4. The molecule has 2 aromatic carbocycles. The van der Waals surface area contributed by atoms with Gasteiger partial charge in [0.15, 0.2) is 5.94 Å². The SMILES string of the molecule is COc1cccc2c1C1=C(C(c3cccc(OCS(C)=O)c3)C2)C2C(C)=CC(C)(C)NC2C=C1. The Kier molecular flexibility index (Phi) is 6.03. The smallest absolute Gasteiger partial charge is 0.162 e. The maximum Gasteiger partial charge on any atom is 0.162 e. The number of allylic oxidation sites excluding steroid dienone is 2. The van der Waals surface area contributed by atoms with Gasteiger partial charge in [-0.2, -0.15) is 0 Å². The summed E-state index contributed by atoms with van der Waals surface area (Å²) in [6.45, 7) is 6.74. The minimum absolute atomic E-state index is 0.0447. The van der Waals surface area contributed by atoms with Crippen LogP contribution >= 0.6 is 0 Å². The molecule has 0 amide bonds. The van der Waals surface area contributed by atoms with Crippen LogP contribution in [0.1, 0.15) is 43.4 Å². The summed E-state index contributed by atoms with van der Waals surface area (Å²) in [6, 6.07) is 14.9. The van der Waals surface area contributed by atoms with Gasteiger partial charge in [0.1, 0.15) is 11.5 Å². The normalized spacial score (nSPS) is 25.6. The first-order valence-corrected chi connectivity index (χ1v) is 13.6. The third kappa shape index (κ3) is 4.16.